The van der Waals surface area contributed by atoms with E-state index in [1.165, 1.54) is 11.3 Å². The first-order valence-electron chi connectivity index (χ1n) is 13.3. The molecule has 10 nitrogen and oxygen atoms in total. The van der Waals surface area contributed by atoms with Crippen LogP contribution in [0, 0.1) is 5.92 Å². The van der Waals surface area contributed by atoms with Crippen molar-refractivity contribution in [3.63, 3.8) is 0 Å². The number of carbonyl (C=O) groups excluding carboxylic acids is 1. The van der Waals surface area contributed by atoms with E-state index in [-0.39, 0.29) is 30.1 Å². The van der Waals surface area contributed by atoms with Gasteiger partial charge in [0, 0.05) is 31.2 Å². The maximum absolute atomic E-state index is 12.9. The zero-order valence-corrected chi connectivity index (χ0v) is 25.9. The van der Waals surface area contributed by atoms with E-state index in [4.69, 9.17) is 4.74 Å². The van der Waals surface area contributed by atoms with Crippen LogP contribution in [0.3, 0.4) is 0 Å². The lowest BCUT2D eigenvalue weighted by molar-refractivity contribution is -0.135. The van der Waals surface area contributed by atoms with E-state index in [2.05, 4.69) is 41.9 Å². The van der Waals surface area contributed by atoms with Gasteiger partial charge in [0.2, 0.25) is 15.8 Å². The Bertz CT molecular complexity index is 1580. The maximum Gasteiger partial charge on any atom is 0.311 e. The highest BCUT2D eigenvalue weighted by molar-refractivity contribution is 9.10. The summed E-state index contributed by atoms with van der Waals surface area (Å²) in [6.45, 7) is 4.87. The van der Waals surface area contributed by atoms with Crippen molar-refractivity contribution in [2.45, 2.75) is 44.9 Å². The second-order valence-electron chi connectivity index (χ2n) is 10.4. The zero-order valence-electron chi connectivity index (χ0n) is 22.7. The summed E-state index contributed by atoms with van der Waals surface area (Å²) in [4.78, 5) is 14.0. The van der Waals surface area contributed by atoms with Gasteiger partial charge in [-0.2, -0.15) is 5.21 Å². The number of nitrogens with one attached hydrogen (secondary N) is 2. The molecule has 0 spiro atoms. The first-order chi connectivity index (χ1) is 19.7. The van der Waals surface area contributed by atoms with Crippen molar-refractivity contribution in [1.29, 1.82) is 0 Å². The van der Waals surface area contributed by atoms with E-state index >= 15 is 0 Å². The first kappa shape index (κ1) is 29.4. The van der Waals surface area contributed by atoms with E-state index in [1.807, 2.05) is 68.4 Å². The normalized spacial score (nSPS) is 14.8. The minimum Gasteiger partial charge on any atom is -0.424 e. The Morgan fingerprint density at radius 2 is 1.90 bits per heavy atom. The molecule has 0 unspecified atom stereocenters. The number of thiophene rings is 1. The van der Waals surface area contributed by atoms with Crippen molar-refractivity contribution in [1.82, 2.24) is 24.9 Å². The Kier molecular flexibility index (Phi) is 9.17. The second kappa shape index (κ2) is 12.8. The number of sulfonamides is 1. The maximum atomic E-state index is 12.9. The Morgan fingerprint density at radius 3 is 2.59 bits per heavy atom. The largest absolute Gasteiger partial charge is 0.424 e. The molecule has 0 amide bonds. The molecule has 41 heavy (non-hydrogen) atoms. The monoisotopic (exact) mass is 658 g/mol. The van der Waals surface area contributed by atoms with Gasteiger partial charge < -0.3 is 10.1 Å². The fourth-order valence-corrected chi connectivity index (χ4v) is 8.20. The van der Waals surface area contributed by atoms with Crippen molar-refractivity contribution in [3.8, 4) is 26.9 Å². The summed E-state index contributed by atoms with van der Waals surface area (Å²) < 4.78 is 33.9. The van der Waals surface area contributed by atoms with Crippen LogP contribution in [-0.2, 0) is 20.6 Å². The molecule has 0 atom stereocenters. The Labute approximate surface area is 251 Å². The molecule has 0 radical (unpaired) electrons. The Balaban J connectivity index is 1.29. The average Bonchev–Trinajstić information content (AvgIpc) is 3.58. The number of anilines is 1. The lowest BCUT2D eigenvalue weighted by Gasteiger charge is -2.32. The standard InChI is InChI=1S/C28H31BrN6O4S2/c1-18(2)15-23(36)39-25-24(29)26(40-27(25)28-31-33-34-32-28)20-9-6-10-22(16-20)30-21-11-13-35(14-12-21)41(37,38)17-19-7-4-3-5-8-19/h3-10,16,18,21,30H,11-15,17H2,1-2H3,(H,31,32,33,34). The molecule has 0 aliphatic carbocycles. The molecule has 1 fully saturated rings. The average molecular weight is 660 g/mol. The summed E-state index contributed by atoms with van der Waals surface area (Å²) >= 11 is 5.06. The van der Waals surface area contributed by atoms with Crippen LogP contribution in [0.15, 0.2) is 59.1 Å². The number of ether oxygens (including phenoxy) is 1. The third-order valence-electron chi connectivity index (χ3n) is 6.68. The fourth-order valence-electron chi connectivity index (χ4n) is 4.71. The molecule has 13 heteroatoms. The van der Waals surface area contributed by atoms with E-state index in [0.29, 0.717) is 46.9 Å². The molecule has 1 aliphatic rings. The van der Waals surface area contributed by atoms with Crippen LogP contribution < -0.4 is 10.1 Å². The Morgan fingerprint density at radius 1 is 1.15 bits per heavy atom. The van der Waals surface area contributed by atoms with Crippen molar-refractivity contribution < 1.29 is 17.9 Å². The van der Waals surface area contributed by atoms with Crippen molar-refractivity contribution in [2.24, 2.45) is 5.92 Å². The van der Waals surface area contributed by atoms with Crippen LogP contribution >= 0.6 is 27.3 Å². The number of nitrogens with zero attached hydrogens (tertiary/aromatic N) is 4. The number of aromatic amines is 1. The van der Waals surface area contributed by atoms with Gasteiger partial charge >= 0.3 is 5.97 Å². The summed E-state index contributed by atoms with van der Waals surface area (Å²) in [5, 5.41) is 17.9. The lowest BCUT2D eigenvalue weighted by Crippen LogP contribution is -2.42. The van der Waals surface area contributed by atoms with Gasteiger partial charge in [0.25, 0.3) is 0 Å². The molecular weight excluding hydrogens is 628 g/mol. The predicted molar refractivity (Wildman–Crippen MR) is 163 cm³/mol. The molecule has 2 aromatic carbocycles. The van der Waals surface area contributed by atoms with Gasteiger partial charge in [-0.15, -0.1) is 21.5 Å². The summed E-state index contributed by atoms with van der Waals surface area (Å²) in [6, 6.07) is 17.4. The van der Waals surface area contributed by atoms with Crippen molar-refractivity contribution in [3.05, 3.63) is 64.6 Å². The molecule has 0 bridgehead atoms. The smallest absolute Gasteiger partial charge is 0.311 e. The van der Waals surface area contributed by atoms with Crippen LogP contribution in [0.25, 0.3) is 21.1 Å². The molecule has 216 valence electrons. The molecule has 1 aliphatic heterocycles. The van der Waals surface area contributed by atoms with E-state index in [1.54, 1.807) is 4.31 Å². The number of H-pyrrole nitrogens is 1. The van der Waals surface area contributed by atoms with Crippen LogP contribution in [0.1, 0.15) is 38.7 Å². The predicted octanol–water partition coefficient (Wildman–Crippen LogP) is 5.72. The number of benzene rings is 2. The number of esters is 1. The highest BCUT2D eigenvalue weighted by Crippen LogP contribution is 2.49. The molecular formula is C28H31BrN6O4S2. The highest BCUT2D eigenvalue weighted by atomic mass is 79.9. The lowest BCUT2D eigenvalue weighted by atomic mass is 10.1. The minimum absolute atomic E-state index is 0.0181. The number of aromatic nitrogens is 4. The van der Waals surface area contributed by atoms with Crippen molar-refractivity contribution >= 4 is 48.9 Å². The Hall–Kier alpha value is -3.13. The summed E-state index contributed by atoms with van der Waals surface area (Å²) in [7, 11) is -3.37. The first-order valence-corrected chi connectivity index (χ1v) is 16.6. The summed E-state index contributed by atoms with van der Waals surface area (Å²) in [6.07, 6.45) is 1.70. The van der Waals surface area contributed by atoms with Crippen LogP contribution in [0.4, 0.5) is 5.69 Å². The SMILES string of the molecule is CC(C)CC(=O)Oc1c(-c2nn[nH]n2)sc(-c2cccc(NC3CCN(S(=O)(=O)Cc4ccccc4)CC3)c2)c1Br. The van der Waals surface area contributed by atoms with E-state index in [0.717, 1.165) is 21.7 Å². The fraction of sp³-hybridized carbons (Fsp3) is 0.357. The molecule has 5 rings (SSSR count). The second-order valence-corrected chi connectivity index (χ2v) is 14.1. The molecule has 2 aromatic heterocycles. The van der Waals surface area contributed by atoms with Gasteiger partial charge in [-0.25, -0.2) is 12.7 Å². The van der Waals surface area contributed by atoms with Gasteiger partial charge in [0.05, 0.1) is 15.1 Å². The van der Waals surface area contributed by atoms with Crippen LogP contribution in [0.2, 0.25) is 0 Å². The summed E-state index contributed by atoms with van der Waals surface area (Å²) in [5.41, 5.74) is 2.64. The third-order valence-corrected chi connectivity index (χ3v) is 10.8. The number of hydrogen-bond acceptors (Lipinski definition) is 9. The van der Waals surface area contributed by atoms with Gasteiger partial charge in [0.15, 0.2) is 5.75 Å². The van der Waals surface area contributed by atoms with Gasteiger partial charge in [-0.1, -0.05) is 56.3 Å². The van der Waals surface area contributed by atoms with E-state index < -0.39 is 10.0 Å². The number of tetrazole rings is 1. The molecule has 0 saturated carbocycles. The quantitative estimate of drug-likeness (QED) is 0.207. The van der Waals surface area contributed by atoms with Gasteiger partial charge in [0.1, 0.15) is 4.88 Å². The van der Waals surface area contributed by atoms with Crippen molar-refractivity contribution in [2.75, 3.05) is 18.4 Å². The highest BCUT2D eigenvalue weighted by Gasteiger charge is 2.29. The number of halogens is 1. The minimum atomic E-state index is -3.37. The topological polar surface area (TPSA) is 130 Å². The van der Waals surface area contributed by atoms with Gasteiger partial charge in [-0.05, 0) is 63.2 Å². The molecule has 2 N–H and O–H groups in total. The number of carbonyl (C=O) groups is 1. The molecule has 1 saturated heterocycles. The molecule has 3 heterocycles. The number of piperidine rings is 1. The van der Waals surface area contributed by atoms with Gasteiger partial charge in [-0.3, -0.25) is 4.79 Å². The zero-order chi connectivity index (χ0) is 29.0. The van der Waals surface area contributed by atoms with Crippen LogP contribution in [0.5, 0.6) is 5.75 Å². The third kappa shape index (κ3) is 7.21. The number of rotatable bonds is 10. The van der Waals surface area contributed by atoms with Crippen LogP contribution in [-0.4, -0.2) is 58.4 Å². The number of hydrogen-bond donors (Lipinski definition) is 2. The summed E-state index contributed by atoms with van der Waals surface area (Å²) in [5.74, 6) is 0.565. The van der Waals surface area contributed by atoms with E-state index in [9.17, 15) is 13.2 Å². The molecule has 4 aromatic rings.